The summed E-state index contributed by atoms with van der Waals surface area (Å²) in [6, 6.07) is 4.02. The van der Waals surface area contributed by atoms with E-state index in [0.717, 1.165) is 36.7 Å². The monoisotopic (exact) mass is 398 g/mol. The summed E-state index contributed by atoms with van der Waals surface area (Å²) in [4.78, 5) is 22.3. The smallest absolute Gasteiger partial charge is 0.223 e. The van der Waals surface area contributed by atoms with Gasteiger partial charge in [0.1, 0.15) is 11.6 Å². The number of rotatable bonds is 6. The number of anilines is 1. The molecule has 1 fully saturated rings. The predicted octanol–water partition coefficient (Wildman–Crippen LogP) is 3.32. The molecule has 0 saturated carbocycles. The molecule has 1 amide bonds. The molecule has 0 bridgehead atoms. The molecular weight excluding hydrogens is 372 g/mol. The Morgan fingerprint density at radius 3 is 2.93 bits per heavy atom. The Morgan fingerprint density at radius 2 is 2.29 bits per heavy atom. The highest BCUT2D eigenvalue weighted by Gasteiger charge is 2.25. The Bertz CT molecular complexity index is 849. The van der Waals surface area contributed by atoms with E-state index in [-0.39, 0.29) is 11.3 Å². The molecule has 3 rings (SSSR count). The zero-order valence-electron chi connectivity index (χ0n) is 16.6. The van der Waals surface area contributed by atoms with Gasteiger partial charge >= 0.3 is 0 Å². The quantitative estimate of drug-likeness (QED) is 0.561. The van der Waals surface area contributed by atoms with Crippen molar-refractivity contribution in [3.63, 3.8) is 0 Å². The minimum Gasteiger partial charge on any atom is -0.354 e. The number of nitrogens with one attached hydrogen (secondary N) is 2. The summed E-state index contributed by atoms with van der Waals surface area (Å²) in [5.41, 5.74) is 2.18. The van der Waals surface area contributed by atoms with Gasteiger partial charge in [0.2, 0.25) is 11.9 Å². The van der Waals surface area contributed by atoms with Crippen LogP contribution in [0.2, 0.25) is 0 Å². The van der Waals surface area contributed by atoms with E-state index in [1.165, 1.54) is 11.8 Å². The van der Waals surface area contributed by atoms with Gasteiger partial charge in [-0.3, -0.25) is 4.79 Å². The van der Waals surface area contributed by atoms with Gasteiger partial charge in [-0.05, 0) is 24.3 Å². The number of nitrogens with zero attached hydrogens (tertiary/aromatic N) is 4. The second-order valence-electron chi connectivity index (χ2n) is 7.87. The average molecular weight is 399 g/mol. The van der Waals surface area contributed by atoms with Gasteiger partial charge in [0.25, 0.3) is 0 Å². The van der Waals surface area contributed by atoms with Crippen LogP contribution in [0.1, 0.15) is 45.7 Å². The van der Waals surface area contributed by atoms with Gasteiger partial charge in [-0.25, -0.2) is 9.97 Å². The van der Waals surface area contributed by atoms with Crippen molar-refractivity contribution in [3.8, 4) is 6.07 Å². The van der Waals surface area contributed by atoms with E-state index in [4.69, 9.17) is 0 Å². The minimum atomic E-state index is -0.00950. The maximum absolute atomic E-state index is 11.6. The van der Waals surface area contributed by atoms with E-state index < -0.39 is 0 Å². The van der Waals surface area contributed by atoms with Crippen molar-refractivity contribution in [1.29, 1.82) is 5.26 Å². The third kappa shape index (κ3) is 4.84. The highest BCUT2D eigenvalue weighted by molar-refractivity contribution is 8.06. The molecule has 0 aromatic carbocycles. The first kappa shape index (κ1) is 20.2. The maximum atomic E-state index is 11.6. The fourth-order valence-electron chi connectivity index (χ4n) is 3.00. The van der Waals surface area contributed by atoms with Crippen molar-refractivity contribution in [1.82, 2.24) is 20.2 Å². The molecule has 1 aromatic rings. The van der Waals surface area contributed by atoms with Crippen LogP contribution in [-0.4, -0.2) is 40.4 Å². The first-order valence-corrected chi connectivity index (χ1v) is 10.4. The van der Waals surface area contributed by atoms with Crippen molar-refractivity contribution in [3.05, 3.63) is 34.1 Å². The first-order chi connectivity index (χ1) is 13.4. The third-order valence-corrected chi connectivity index (χ3v) is 5.56. The summed E-state index contributed by atoms with van der Waals surface area (Å²) in [5.74, 6) is 0.735. The number of hydrogen-bond acceptors (Lipinski definition) is 7. The van der Waals surface area contributed by atoms with Crippen LogP contribution in [0.4, 0.5) is 5.95 Å². The normalized spacial score (nSPS) is 18.6. The number of aromatic nitrogens is 2. The van der Waals surface area contributed by atoms with Crippen LogP contribution in [0.15, 0.2) is 28.4 Å². The molecule has 1 saturated heterocycles. The summed E-state index contributed by atoms with van der Waals surface area (Å²) in [6.07, 6.45) is 4.12. The van der Waals surface area contributed by atoms with Gasteiger partial charge in [-0.2, -0.15) is 5.26 Å². The Kier molecular flexibility index (Phi) is 6.25. The molecule has 7 nitrogen and oxygen atoms in total. The second kappa shape index (κ2) is 8.65. The van der Waals surface area contributed by atoms with Crippen molar-refractivity contribution in [2.45, 2.75) is 40.0 Å². The third-order valence-electron chi connectivity index (χ3n) is 4.66. The predicted molar refractivity (Wildman–Crippen MR) is 112 cm³/mol. The lowest BCUT2D eigenvalue weighted by Gasteiger charge is -2.20. The van der Waals surface area contributed by atoms with E-state index >= 15 is 0 Å². The molecule has 28 heavy (non-hydrogen) atoms. The minimum absolute atomic E-state index is 0.00950. The lowest BCUT2D eigenvalue weighted by Crippen LogP contribution is -2.27. The standard InChI is InChI=1S/C20H26N6OS/c1-20(2,3)16-13-28-18(25-16)14(12-21)15-7-9-23-19(24-15)22-8-5-11-26-10-4-6-17(26)27/h7,9,13,25H,4-6,8,10-11H2,1-3H3,(H,22,23,24). The molecular formula is C20H26N6OS. The van der Waals surface area contributed by atoms with Gasteiger partial charge in [-0.15, -0.1) is 0 Å². The number of thioether (sulfide) groups is 1. The number of carbonyl (C=O) groups excluding carboxylic acids is 1. The van der Waals surface area contributed by atoms with Crippen LogP contribution < -0.4 is 10.6 Å². The molecule has 0 aliphatic carbocycles. The average Bonchev–Trinajstić information content (AvgIpc) is 3.29. The van der Waals surface area contributed by atoms with Gasteiger partial charge in [0, 0.05) is 43.4 Å². The summed E-state index contributed by atoms with van der Waals surface area (Å²) in [5, 5.41) is 19.1. The molecule has 8 heteroatoms. The number of allylic oxidation sites excluding steroid dienone is 2. The SMILES string of the molecule is CC(C)(C)C1=CSC(=C(C#N)c2ccnc(NCCCN3CCCC3=O)n2)N1. The Morgan fingerprint density at radius 1 is 1.46 bits per heavy atom. The largest absolute Gasteiger partial charge is 0.354 e. The fraction of sp³-hybridized carbons (Fsp3) is 0.500. The molecule has 2 aliphatic rings. The van der Waals surface area contributed by atoms with Crippen LogP contribution >= 0.6 is 11.8 Å². The van der Waals surface area contributed by atoms with Crippen LogP contribution in [0, 0.1) is 16.7 Å². The van der Waals surface area contributed by atoms with Crippen LogP contribution in [0.5, 0.6) is 0 Å². The first-order valence-electron chi connectivity index (χ1n) is 9.52. The topological polar surface area (TPSA) is 93.9 Å². The van der Waals surface area contributed by atoms with Crippen molar-refractivity contribution >= 4 is 29.2 Å². The van der Waals surface area contributed by atoms with Gasteiger partial charge in [0.15, 0.2) is 0 Å². The summed E-state index contributed by atoms with van der Waals surface area (Å²) in [7, 11) is 0. The van der Waals surface area contributed by atoms with E-state index in [1.807, 2.05) is 10.3 Å². The molecule has 1 aromatic heterocycles. The molecule has 0 unspecified atom stereocenters. The van der Waals surface area contributed by atoms with E-state index in [1.54, 1.807) is 12.3 Å². The van der Waals surface area contributed by atoms with Gasteiger partial charge < -0.3 is 15.5 Å². The molecule has 2 aliphatic heterocycles. The maximum Gasteiger partial charge on any atom is 0.223 e. The zero-order valence-corrected chi connectivity index (χ0v) is 17.4. The number of likely N-dealkylation sites (tertiary alicyclic amines) is 1. The molecule has 0 radical (unpaired) electrons. The van der Waals surface area contributed by atoms with Gasteiger partial charge in [-0.1, -0.05) is 32.5 Å². The lowest BCUT2D eigenvalue weighted by atomic mass is 9.93. The summed E-state index contributed by atoms with van der Waals surface area (Å²) >= 11 is 1.51. The highest BCUT2D eigenvalue weighted by atomic mass is 32.2. The highest BCUT2D eigenvalue weighted by Crippen LogP contribution is 2.37. The van der Waals surface area contributed by atoms with Crippen LogP contribution in [0.3, 0.4) is 0 Å². The molecule has 148 valence electrons. The molecule has 2 N–H and O–H groups in total. The van der Waals surface area contributed by atoms with Gasteiger partial charge in [0.05, 0.1) is 10.7 Å². The number of carbonyl (C=O) groups is 1. The zero-order chi connectivity index (χ0) is 20.1. The van der Waals surface area contributed by atoms with Crippen molar-refractivity contribution in [2.24, 2.45) is 5.41 Å². The lowest BCUT2D eigenvalue weighted by molar-refractivity contribution is -0.127. The molecule has 0 atom stereocenters. The summed E-state index contributed by atoms with van der Waals surface area (Å²) in [6.45, 7) is 8.67. The number of nitriles is 1. The number of amides is 1. The van der Waals surface area contributed by atoms with E-state index in [9.17, 15) is 10.1 Å². The van der Waals surface area contributed by atoms with Crippen molar-refractivity contribution in [2.75, 3.05) is 25.0 Å². The Labute approximate surface area is 170 Å². The van der Waals surface area contributed by atoms with Crippen molar-refractivity contribution < 1.29 is 4.79 Å². The van der Waals surface area contributed by atoms with E-state index in [0.29, 0.717) is 30.2 Å². The molecule has 0 spiro atoms. The van der Waals surface area contributed by atoms with Crippen LogP contribution in [-0.2, 0) is 4.79 Å². The van der Waals surface area contributed by atoms with Crippen LogP contribution in [0.25, 0.3) is 5.57 Å². The van der Waals surface area contributed by atoms with E-state index in [2.05, 4.69) is 47.4 Å². The molecule has 3 heterocycles. The number of hydrogen-bond donors (Lipinski definition) is 2. The fourth-order valence-corrected chi connectivity index (χ4v) is 4.09. The Hall–Kier alpha value is -2.53. The Balaban J connectivity index is 1.61. The second-order valence-corrected chi connectivity index (χ2v) is 8.75. The summed E-state index contributed by atoms with van der Waals surface area (Å²) < 4.78 is 0.